The number of ether oxygens (including phenoxy) is 1. The Balaban J connectivity index is 1.95. The number of ketones is 1. The maximum Gasteiger partial charge on any atom is 0.185 e. The first-order chi connectivity index (χ1) is 11.6. The summed E-state index contributed by atoms with van der Waals surface area (Å²) in [5.74, 6) is 0.600. The molecule has 0 aliphatic carbocycles. The van der Waals surface area contributed by atoms with Gasteiger partial charge in [0.1, 0.15) is 17.1 Å². The Kier molecular flexibility index (Phi) is 4.81. The van der Waals surface area contributed by atoms with Crippen molar-refractivity contribution in [3.63, 3.8) is 0 Å². The van der Waals surface area contributed by atoms with Crippen molar-refractivity contribution in [3.8, 4) is 5.75 Å². The third kappa shape index (κ3) is 3.41. The van der Waals surface area contributed by atoms with Gasteiger partial charge in [-0.15, -0.1) is 0 Å². The second-order valence-corrected chi connectivity index (χ2v) is 5.85. The predicted molar refractivity (Wildman–Crippen MR) is 93.0 cm³/mol. The Hall–Kier alpha value is -2.40. The fourth-order valence-corrected chi connectivity index (χ4v) is 2.62. The summed E-state index contributed by atoms with van der Waals surface area (Å²) in [4.78, 5) is 21.1. The van der Waals surface area contributed by atoms with Crippen LogP contribution in [0.5, 0.6) is 5.75 Å². The number of pyridine rings is 2. The van der Waals surface area contributed by atoms with E-state index in [0.717, 1.165) is 23.3 Å². The highest BCUT2D eigenvalue weighted by Crippen LogP contribution is 2.23. The number of carbonyl (C=O) groups is 1. The number of aryl methyl sites for hydroxylation is 1. The minimum atomic E-state index is -0.0807. The molecule has 0 aliphatic rings. The molecule has 3 heterocycles. The highest BCUT2D eigenvalue weighted by Gasteiger charge is 2.15. The van der Waals surface area contributed by atoms with Crippen molar-refractivity contribution in [2.45, 2.75) is 26.7 Å². The molecule has 0 bridgehead atoms. The minimum Gasteiger partial charge on any atom is -0.493 e. The van der Waals surface area contributed by atoms with Gasteiger partial charge in [-0.05, 0) is 25.5 Å². The Morgan fingerprint density at radius 1 is 1.29 bits per heavy atom. The summed E-state index contributed by atoms with van der Waals surface area (Å²) in [6.07, 6.45) is 6.42. The number of Topliss-reactive ketones (excluding diaryl/α,β-unsaturated/α-hetero) is 1. The van der Waals surface area contributed by atoms with Gasteiger partial charge in [0.15, 0.2) is 5.78 Å². The van der Waals surface area contributed by atoms with Crippen LogP contribution in [0.1, 0.15) is 35.6 Å². The Labute approximate surface area is 145 Å². The largest absolute Gasteiger partial charge is 0.493 e. The molecule has 0 saturated carbocycles. The van der Waals surface area contributed by atoms with Crippen LogP contribution in [-0.4, -0.2) is 26.8 Å². The molecule has 0 aromatic carbocycles. The average molecular weight is 344 g/mol. The molecule has 0 fully saturated rings. The summed E-state index contributed by atoms with van der Waals surface area (Å²) in [7, 11) is 0. The molecule has 0 amide bonds. The highest BCUT2D eigenvalue weighted by atomic mass is 35.5. The van der Waals surface area contributed by atoms with Crippen LogP contribution < -0.4 is 4.74 Å². The van der Waals surface area contributed by atoms with Crippen molar-refractivity contribution >= 4 is 23.0 Å². The lowest BCUT2D eigenvalue weighted by Crippen LogP contribution is -2.08. The molecule has 3 aromatic heterocycles. The van der Waals surface area contributed by atoms with Gasteiger partial charge in [-0.3, -0.25) is 9.78 Å². The van der Waals surface area contributed by atoms with Gasteiger partial charge >= 0.3 is 0 Å². The van der Waals surface area contributed by atoms with Crippen molar-refractivity contribution in [1.29, 1.82) is 0 Å². The molecule has 24 heavy (non-hydrogen) atoms. The maximum absolute atomic E-state index is 12.5. The molecule has 0 atom stereocenters. The van der Waals surface area contributed by atoms with Crippen LogP contribution in [0, 0.1) is 0 Å². The number of carbonyl (C=O) groups excluding carboxylic acids is 1. The molecule has 0 unspecified atom stereocenters. The van der Waals surface area contributed by atoms with Crippen LogP contribution in [-0.2, 0) is 12.8 Å². The lowest BCUT2D eigenvalue weighted by molar-refractivity contribution is 0.0987. The van der Waals surface area contributed by atoms with Crippen LogP contribution >= 0.6 is 11.6 Å². The van der Waals surface area contributed by atoms with Crippen molar-refractivity contribution in [2.75, 3.05) is 6.61 Å². The van der Waals surface area contributed by atoms with E-state index in [4.69, 9.17) is 16.3 Å². The fourth-order valence-electron chi connectivity index (χ4n) is 2.51. The summed E-state index contributed by atoms with van der Waals surface area (Å²) in [5.41, 5.74) is 3.02. The zero-order valence-corrected chi connectivity index (χ0v) is 14.4. The zero-order valence-electron chi connectivity index (χ0n) is 13.6. The van der Waals surface area contributed by atoms with E-state index < -0.39 is 0 Å². The van der Waals surface area contributed by atoms with Gasteiger partial charge in [0, 0.05) is 36.6 Å². The third-order valence-electron chi connectivity index (χ3n) is 3.71. The number of hydrogen-bond acceptors (Lipinski definition) is 4. The number of halogens is 1. The first-order valence-corrected chi connectivity index (χ1v) is 8.26. The molecule has 0 N–H and O–H groups in total. The number of fused-ring (bicyclic) bond motifs is 1. The molecule has 5 nitrogen and oxygen atoms in total. The molecule has 3 rings (SSSR count). The number of hydrogen-bond donors (Lipinski definition) is 0. The van der Waals surface area contributed by atoms with Gasteiger partial charge in [-0.25, -0.2) is 4.98 Å². The van der Waals surface area contributed by atoms with E-state index in [1.165, 1.54) is 6.20 Å². The summed E-state index contributed by atoms with van der Waals surface area (Å²) < 4.78 is 7.63. The van der Waals surface area contributed by atoms with Gasteiger partial charge in [0.2, 0.25) is 0 Å². The van der Waals surface area contributed by atoms with Crippen molar-refractivity contribution in [3.05, 3.63) is 58.8 Å². The molecule has 0 radical (unpaired) electrons. The average Bonchev–Trinajstić information content (AvgIpc) is 2.98. The summed E-state index contributed by atoms with van der Waals surface area (Å²) in [5, 5.41) is 0.508. The standard InChI is InChI=1S/C18H18ClN3O2/c1-3-14-11-22-10-12(17(24-4-2)8-18(22)21-14)7-16(23)15-6-5-13(19)9-20-15/h5-6,8-11H,3-4,7H2,1-2H3. The first-order valence-electron chi connectivity index (χ1n) is 7.88. The summed E-state index contributed by atoms with van der Waals surface area (Å²) in [6, 6.07) is 5.17. The number of aromatic nitrogens is 3. The summed E-state index contributed by atoms with van der Waals surface area (Å²) in [6.45, 7) is 4.50. The van der Waals surface area contributed by atoms with Gasteiger partial charge in [-0.1, -0.05) is 18.5 Å². The minimum absolute atomic E-state index is 0.0807. The molecular weight excluding hydrogens is 326 g/mol. The Morgan fingerprint density at radius 2 is 2.12 bits per heavy atom. The number of imidazole rings is 1. The van der Waals surface area contributed by atoms with Gasteiger partial charge in [0.25, 0.3) is 0 Å². The van der Waals surface area contributed by atoms with Crippen LogP contribution in [0.2, 0.25) is 5.02 Å². The van der Waals surface area contributed by atoms with E-state index in [1.54, 1.807) is 12.1 Å². The van der Waals surface area contributed by atoms with E-state index in [1.807, 2.05) is 29.8 Å². The molecule has 0 saturated heterocycles. The third-order valence-corrected chi connectivity index (χ3v) is 3.93. The smallest absolute Gasteiger partial charge is 0.185 e. The lowest BCUT2D eigenvalue weighted by atomic mass is 10.1. The predicted octanol–water partition coefficient (Wildman–Crippen LogP) is 3.77. The highest BCUT2D eigenvalue weighted by molar-refractivity contribution is 6.30. The second-order valence-electron chi connectivity index (χ2n) is 5.41. The van der Waals surface area contributed by atoms with E-state index in [-0.39, 0.29) is 12.2 Å². The van der Waals surface area contributed by atoms with Crippen LogP contribution in [0.3, 0.4) is 0 Å². The van der Waals surface area contributed by atoms with Crippen molar-refractivity contribution in [1.82, 2.24) is 14.4 Å². The molecule has 6 heteroatoms. The van der Waals surface area contributed by atoms with Crippen LogP contribution in [0.15, 0.2) is 36.8 Å². The molecule has 3 aromatic rings. The first kappa shape index (κ1) is 16.5. The Morgan fingerprint density at radius 3 is 2.79 bits per heavy atom. The maximum atomic E-state index is 12.5. The molecule has 0 aliphatic heterocycles. The van der Waals surface area contributed by atoms with Gasteiger partial charge in [0.05, 0.1) is 17.3 Å². The SMILES string of the molecule is CCOc1cc2nc(CC)cn2cc1CC(=O)c1ccc(Cl)cn1. The number of nitrogens with zero attached hydrogens (tertiary/aromatic N) is 3. The summed E-state index contributed by atoms with van der Waals surface area (Å²) >= 11 is 5.82. The van der Waals surface area contributed by atoms with Crippen molar-refractivity contribution < 1.29 is 9.53 Å². The molecule has 124 valence electrons. The quantitative estimate of drug-likeness (QED) is 0.639. The van der Waals surface area contributed by atoms with E-state index in [2.05, 4.69) is 16.9 Å². The van der Waals surface area contributed by atoms with Crippen LogP contribution in [0.25, 0.3) is 5.65 Å². The van der Waals surface area contributed by atoms with Gasteiger partial charge in [-0.2, -0.15) is 0 Å². The van der Waals surface area contributed by atoms with Crippen molar-refractivity contribution in [2.24, 2.45) is 0 Å². The zero-order chi connectivity index (χ0) is 17.1. The fraction of sp³-hybridized carbons (Fsp3) is 0.278. The lowest BCUT2D eigenvalue weighted by Gasteiger charge is -2.10. The van der Waals surface area contributed by atoms with Crippen LogP contribution in [0.4, 0.5) is 0 Å². The van der Waals surface area contributed by atoms with E-state index in [9.17, 15) is 4.79 Å². The monoisotopic (exact) mass is 343 g/mol. The normalized spacial score (nSPS) is 11.0. The van der Waals surface area contributed by atoms with E-state index >= 15 is 0 Å². The Bertz CT molecular complexity index is 872. The van der Waals surface area contributed by atoms with Gasteiger partial charge < -0.3 is 9.14 Å². The molecular formula is C18H18ClN3O2. The van der Waals surface area contributed by atoms with E-state index in [0.29, 0.717) is 23.1 Å². The molecule has 0 spiro atoms. The second kappa shape index (κ2) is 7.01. The number of rotatable bonds is 6. The topological polar surface area (TPSA) is 56.5 Å².